The van der Waals surface area contributed by atoms with Crippen molar-refractivity contribution in [1.82, 2.24) is 15.0 Å². The van der Waals surface area contributed by atoms with Gasteiger partial charge >= 0.3 is 5.97 Å². The summed E-state index contributed by atoms with van der Waals surface area (Å²) < 4.78 is 0. The van der Waals surface area contributed by atoms with E-state index in [9.17, 15) is 14.7 Å². The second-order valence-electron chi connectivity index (χ2n) is 7.25. The number of fused-ring (bicyclic) bond motifs is 1. The highest BCUT2D eigenvalue weighted by atomic mass is 16.7. The Morgan fingerprint density at radius 3 is 2.48 bits per heavy atom. The van der Waals surface area contributed by atoms with Crippen molar-refractivity contribution in [3.8, 4) is 0 Å². The van der Waals surface area contributed by atoms with Gasteiger partial charge in [0.15, 0.2) is 0 Å². The molecule has 7 nitrogen and oxygen atoms in total. The molecule has 0 aliphatic rings. The summed E-state index contributed by atoms with van der Waals surface area (Å²) in [5, 5.41) is 14.2. The summed E-state index contributed by atoms with van der Waals surface area (Å²) in [6.07, 6.45) is 3.17. The third-order valence-electron chi connectivity index (χ3n) is 5.02. The number of aromatic amines is 1. The summed E-state index contributed by atoms with van der Waals surface area (Å²) in [5.74, 6) is -1.02. The fraction of sp³-hybridized carbons (Fsp3) is 0.318. The Hall–Kier alpha value is -3.19. The SMILES string of the molecule is CCN(OC(C)=O)C(=O)c1ccc2cc(C(O)(c3cnc[nH]3)C(C)C)ccc2c1. The number of carbonyl (C=O) groups is 2. The van der Waals surface area contributed by atoms with Gasteiger partial charge < -0.3 is 14.9 Å². The summed E-state index contributed by atoms with van der Waals surface area (Å²) in [5.41, 5.74) is 0.561. The Morgan fingerprint density at radius 1 is 1.21 bits per heavy atom. The highest BCUT2D eigenvalue weighted by Gasteiger charge is 2.36. The molecular formula is C22H25N3O4. The first-order valence-corrected chi connectivity index (χ1v) is 9.53. The van der Waals surface area contributed by atoms with Crippen LogP contribution in [-0.2, 0) is 15.2 Å². The highest BCUT2D eigenvalue weighted by Crippen LogP contribution is 2.36. The number of benzene rings is 2. The van der Waals surface area contributed by atoms with Crippen LogP contribution in [0.15, 0.2) is 48.9 Å². The third-order valence-corrected chi connectivity index (χ3v) is 5.02. The number of aromatic nitrogens is 2. The van der Waals surface area contributed by atoms with Gasteiger partial charge in [-0.3, -0.25) is 9.59 Å². The summed E-state index contributed by atoms with van der Waals surface area (Å²) >= 11 is 0. The number of aliphatic hydroxyl groups is 1. The number of rotatable bonds is 5. The van der Waals surface area contributed by atoms with Crippen LogP contribution >= 0.6 is 0 Å². The third kappa shape index (κ3) is 3.86. The number of imidazole rings is 1. The van der Waals surface area contributed by atoms with Crippen molar-refractivity contribution in [1.29, 1.82) is 0 Å². The van der Waals surface area contributed by atoms with Crippen molar-refractivity contribution in [2.75, 3.05) is 6.54 Å². The molecule has 152 valence electrons. The van der Waals surface area contributed by atoms with Gasteiger partial charge in [0.1, 0.15) is 5.60 Å². The summed E-state index contributed by atoms with van der Waals surface area (Å²) in [6, 6.07) is 10.9. The van der Waals surface area contributed by atoms with Crippen molar-refractivity contribution >= 4 is 22.6 Å². The minimum Gasteiger partial charge on any atom is -0.379 e. The molecule has 7 heteroatoms. The molecule has 1 atom stereocenters. The van der Waals surface area contributed by atoms with Gasteiger partial charge in [0.25, 0.3) is 5.91 Å². The zero-order valence-electron chi connectivity index (χ0n) is 17.0. The van der Waals surface area contributed by atoms with Crippen molar-refractivity contribution in [3.63, 3.8) is 0 Å². The van der Waals surface area contributed by atoms with Crippen LogP contribution in [0.25, 0.3) is 10.8 Å². The summed E-state index contributed by atoms with van der Waals surface area (Å²) in [4.78, 5) is 35.8. The average molecular weight is 395 g/mol. The molecule has 0 aliphatic carbocycles. The largest absolute Gasteiger partial charge is 0.379 e. The molecule has 0 radical (unpaired) electrons. The molecule has 1 aromatic heterocycles. The molecule has 0 saturated heterocycles. The molecule has 2 aromatic carbocycles. The van der Waals surface area contributed by atoms with E-state index in [1.165, 1.54) is 6.92 Å². The first-order chi connectivity index (χ1) is 13.8. The van der Waals surface area contributed by atoms with E-state index in [-0.39, 0.29) is 18.4 Å². The molecule has 1 heterocycles. The van der Waals surface area contributed by atoms with Crippen LogP contribution in [0, 0.1) is 5.92 Å². The molecule has 2 N–H and O–H groups in total. The van der Waals surface area contributed by atoms with Crippen molar-refractivity contribution in [2.24, 2.45) is 5.92 Å². The smallest absolute Gasteiger partial charge is 0.329 e. The van der Waals surface area contributed by atoms with Crippen molar-refractivity contribution in [3.05, 3.63) is 65.7 Å². The van der Waals surface area contributed by atoms with Gasteiger partial charge in [-0.05, 0) is 47.4 Å². The van der Waals surface area contributed by atoms with Gasteiger partial charge in [-0.1, -0.05) is 32.0 Å². The van der Waals surface area contributed by atoms with Crippen LogP contribution in [0.2, 0.25) is 0 Å². The standard InChI is InChI=1S/C22H25N3O4/c1-5-25(29-15(4)26)21(27)18-7-6-17-11-19(9-8-16(17)10-18)22(28,14(2)3)20-12-23-13-24-20/h6-14,28H,5H2,1-4H3,(H,23,24). The van der Waals surface area contributed by atoms with E-state index in [1.807, 2.05) is 38.1 Å². The Labute approximate surface area is 169 Å². The minimum absolute atomic E-state index is 0.0944. The Morgan fingerprint density at radius 2 is 1.90 bits per heavy atom. The molecule has 3 aromatic rings. The van der Waals surface area contributed by atoms with Gasteiger partial charge in [-0.2, -0.15) is 5.06 Å². The number of hydroxylamine groups is 2. The lowest BCUT2D eigenvalue weighted by Crippen LogP contribution is -2.33. The van der Waals surface area contributed by atoms with E-state index in [0.29, 0.717) is 11.3 Å². The van der Waals surface area contributed by atoms with E-state index < -0.39 is 11.6 Å². The number of amides is 1. The van der Waals surface area contributed by atoms with Gasteiger partial charge in [0, 0.05) is 12.5 Å². The number of nitrogens with one attached hydrogen (secondary N) is 1. The van der Waals surface area contributed by atoms with Crippen LogP contribution in [0.5, 0.6) is 0 Å². The average Bonchev–Trinajstić information content (AvgIpc) is 3.25. The number of nitrogens with zero attached hydrogens (tertiary/aromatic N) is 2. The van der Waals surface area contributed by atoms with Gasteiger partial charge in [-0.15, -0.1) is 0 Å². The predicted molar refractivity (Wildman–Crippen MR) is 109 cm³/mol. The maximum atomic E-state index is 12.6. The maximum absolute atomic E-state index is 12.6. The Kier molecular flexibility index (Phi) is 5.70. The lowest BCUT2D eigenvalue weighted by atomic mass is 9.80. The fourth-order valence-electron chi connectivity index (χ4n) is 3.43. The van der Waals surface area contributed by atoms with E-state index >= 15 is 0 Å². The van der Waals surface area contributed by atoms with E-state index in [2.05, 4.69) is 9.97 Å². The number of H-pyrrole nitrogens is 1. The number of hydrogen-bond acceptors (Lipinski definition) is 5. The molecule has 0 aliphatic heterocycles. The van der Waals surface area contributed by atoms with Crippen LogP contribution in [0.4, 0.5) is 0 Å². The Bertz CT molecular complexity index is 1030. The Balaban J connectivity index is 1.99. The van der Waals surface area contributed by atoms with Crippen LogP contribution in [-0.4, -0.2) is 38.6 Å². The van der Waals surface area contributed by atoms with Crippen LogP contribution in [0.1, 0.15) is 49.3 Å². The fourth-order valence-corrected chi connectivity index (χ4v) is 3.43. The highest BCUT2D eigenvalue weighted by molar-refractivity contribution is 5.98. The summed E-state index contributed by atoms with van der Waals surface area (Å²) in [6.45, 7) is 7.13. The molecular weight excluding hydrogens is 370 g/mol. The first kappa shape index (κ1) is 20.5. The van der Waals surface area contributed by atoms with Gasteiger partial charge in [0.2, 0.25) is 0 Å². The quantitative estimate of drug-likeness (QED) is 0.646. The topological polar surface area (TPSA) is 95.5 Å². The zero-order chi connectivity index (χ0) is 21.2. The van der Waals surface area contributed by atoms with Gasteiger partial charge in [0.05, 0.1) is 24.8 Å². The van der Waals surface area contributed by atoms with E-state index in [4.69, 9.17) is 4.84 Å². The lowest BCUT2D eigenvalue weighted by Gasteiger charge is -2.32. The van der Waals surface area contributed by atoms with E-state index in [1.54, 1.807) is 31.6 Å². The van der Waals surface area contributed by atoms with Crippen molar-refractivity contribution < 1.29 is 19.5 Å². The van der Waals surface area contributed by atoms with Crippen LogP contribution in [0.3, 0.4) is 0 Å². The molecule has 3 rings (SSSR count). The summed E-state index contributed by atoms with van der Waals surface area (Å²) in [7, 11) is 0. The second kappa shape index (κ2) is 8.05. The monoisotopic (exact) mass is 395 g/mol. The molecule has 0 spiro atoms. The molecule has 1 unspecified atom stereocenters. The second-order valence-corrected chi connectivity index (χ2v) is 7.25. The molecule has 29 heavy (non-hydrogen) atoms. The zero-order valence-corrected chi connectivity index (χ0v) is 17.0. The minimum atomic E-state index is -1.21. The lowest BCUT2D eigenvalue weighted by molar-refractivity contribution is -0.174. The molecule has 1 amide bonds. The number of carbonyl (C=O) groups excluding carboxylic acids is 2. The maximum Gasteiger partial charge on any atom is 0.329 e. The van der Waals surface area contributed by atoms with Crippen molar-refractivity contribution in [2.45, 2.75) is 33.3 Å². The molecule has 0 bridgehead atoms. The molecule has 0 fully saturated rings. The van der Waals surface area contributed by atoms with Crippen LogP contribution < -0.4 is 0 Å². The predicted octanol–water partition coefficient (Wildman–Crippen LogP) is 3.40. The van der Waals surface area contributed by atoms with Gasteiger partial charge in [-0.25, -0.2) is 4.98 Å². The van der Waals surface area contributed by atoms with E-state index in [0.717, 1.165) is 21.4 Å². The first-order valence-electron chi connectivity index (χ1n) is 9.53. The number of hydrogen-bond donors (Lipinski definition) is 2. The normalized spacial score (nSPS) is 13.3. The molecule has 0 saturated carbocycles.